The van der Waals surface area contributed by atoms with Crippen molar-refractivity contribution < 1.29 is 8.78 Å². The first-order chi connectivity index (χ1) is 4.67. The third-order valence-electron chi connectivity index (χ3n) is 1.20. The van der Waals surface area contributed by atoms with Gasteiger partial charge >= 0.3 is 0 Å². The lowest BCUT2D eigenvalue weighted by molar-refractivity contribution is 0.00640. The first kappa shape index (κ1) is 7.63. The predicted molar refractivity (Wildman–Crippen MR) is 37.3 cm³/mol. The topological polar surface area (TPSA) is 26.0 Å². The zero-order valence-electron chi connectivity index (χ0n) is 5.18. The van der Waals surface area contributed by atoms with Gasteiger partial charge in [-0.25, -0.2) is 0 Å². The Morgan fingerprint density at radius 3 is 2.70 bits per heavy atom. The third kappa shape index (κ3) is 1.33. The molecule has 0 bridgehead atoms. The van der Waals surface area contributed by atoms with Gasteiger partial charge in [0.25, 0.3) is 5.92 Å². The van der Waals surface area contributed by atoms with Crippen molar-refractivity contribution in [2.45, 2.75) is 5.92 Å². The fourth-order valence-corrected chi connectivity index (χ4v) is 1.29. The number of hydrogen-bond donors (Lipinski definition) is 1. The molecule has 0 unspecified atom stereocenters. The van der Waals surface area contributed by atoms with E-state index in [9.17, 15) is 8.78 Å². The molecule has 0 saturated carbocycles. The van der Waals surface area contributed by atoms with Gasteiger partial charge in [-0.05, 0) is 16.8 Å². The van der Waals surface area contributed by atoms with Gasteiger partial charge in [-0.3, -0.25) is 0 Å². The van der Waals surface area contributed by atoms with Crippen LogP contribution in [0, 0.1) is 0 Å². The molecule has 0 aliphatic carbocycles. The van der Waals surface area contributed by atoms with Gasteiger partial charge in [0, 0.05) is 5.56 Å². The van der Waals surface area contributed by atoms with Crippen LogP contribution >= 0.6 is 11.3 Å². The summed E-state index contributed by atoms with van der Waals surface area (Å²) in [7, 11) is 0. The summed E-state index contributed by atoms with van der Waals surface area (Å²) in [4.78, 5) is 0. The number of thiophene rings is 1. The molecule has 1 heterocycles. The Morgan fingerprint density at radius 2 is 2.30 bits per heavy atom. The van der Waals surface area contributed by atoms with Crippen molar-refractivity contribution in [3.05, 3.63) is 22.4 Å². The predicted octanol–water partition coefficient (Wildman–Crippen LogP) is 1.80. The second-order valence-corrected chi connectivity index (χ2v) is 2.70. The van der Waals surface area contributed by atoms with Gasteiger partial charge in [0.05, 0.1) is 6.54 Å². The van der Waals surface area contributed by atoms with E-state index in [1.807, 2.05) is 0 Å². The molecule has 0 aromatic carbocycles. The van der Waals surface area contributed by atoms with E-state index in [2.05, 4.69) is 0 Å². The average molecular weight is 163 g/mol. The maximum absolute atomic E-state index is 12.6. The van der Waals surface area contributed by atoms with E-state index in [4.69, 9.17) is 5.73 Å². The van der Waals surface area contributed by atoms with E-state index in [0.29, 0.717) is 0 Å². The van der Waals surface area contributed by atoms with Crippen LogP contribution in [0.4, 0.5) is 8.78 Å². The Balaban J connectivity index is 2.85. The minimum atomic E-state index is -2.85. The van der Waals surface area contributed by atoms with Crippen LogP contribution in [-0.2, 0) is 5.92 Å². The van der Waals surface area contributed by atoms with Gasteiger partial charge in [-0.2, -0.15) is 20.1 Å². The third-order valence-corrected chi connectivity index (χ3v) is 1.88. The first-order valence-electron chi connectivity index (χ1n) is 2.77. The fourth-order valence-electron chi connectivity index (χ4n) is 0.590. The normalized spacial score (nSPS) is 11.9. The molecule has 0 fully saturated rings. The highest BCUT2D eigenvalue weighted by Crippen LogP contribution is 2.27. The molecule has 0 radical (unpaired) electrons. The first-order valence-corrected chi connectivity index (χ1v) is 3.71. The molecular weight excluding hydrogens is 156 g/mol. The van der Waals surface area contributed by atoms with Gasteiger partial charge in [0.2, 0.25) is 0 Å². The van der Waals surface area contributed by atoms with Gasteiger partial charge in [0.15, 0.2) is 0 Å². The fraction of sp³-hybridized carbons (Fsp3) is 0.333. The molecular formula is C6H7F2NS. The average Bonchev–Trinajstić information content (AvgIpc) is 2.38. The SMILES string of the molecule is NCC(F)(F)c1ccsc1. The van der Waals surface area contributed by atoms with E-state index >= 15 is 0 Å². The summed E-state index contributed by atoms with van der Waals surface area (Å²) in [6.07, 6.45) is 0. The van der Waals surface area contributed by atoms with Gasteiger partial charge in [0.1, 0.15) is 0 Å². The summed E-state index contributed by atoms with van der Waals surface area (Å²) in [6.45, 7) is -0.621. The van der Waals surface area contributed by atoms with E-state index in [0.717, 1.165) is 0 Å². The minimum absolute atomic E-state index is 0.0139. The highest BCUT2D eigenvalue weighted by molar-refractivity contribution is 7.08. The Bertz CT molecular complexity index is 196. The Morgan fingerprint density at radius 1 is 1.60 bits per heavy atom. The van der Waals surface area contributed by atoms with Crippen molar-refractivity contribution in [1.82, 2.24) is 0 Å². The maximum Gasteiger partial charge on any atom is 0.286 e. The number of alkyl halides is 2. The number of nitrogens with two attached hydrogens (primary N) is 1. The van der Waals surface area contributed by atoms with Crippen molar-refractivity contribution in [2.75, 3.05) is 6.54 Å². The highest BCUT2D eigenvalue weighted by atomic mass is 32.1. The molecule has 0 spiro atoms. The molecule has 2 N–H and O–H groups in total. The highest BCUT2D eigenvalue weighted by Gasteiger charge is 2.29. The molecule has 1 aromatic heterocycles. The molecule has 0 aliphatic rings. The lowest BCUT2D eigenvalue weighted by atomic mass is 10.2. The largest absolute Gasteiger partial charge is 0.325 e. The second kappa shape index (κ2) is 2.64. The van der Waals surface area contributed by atoms with Gasteiger partial charge in [-0.1, -0.05) is 0 Å². The molecule has 4 heteroatoms. The van der Waals surface area contributed by atoms with Crippen LogP contribution in [-0.4, -0.2) is 6.54 Å². The zero-order valence-corrected chi connectivity index (χ0v) is 6.00. The quantitative estimate of drug-likeness (QED) is 0.706. The number of halogens is 2. The monoisotopic (exact) mass is 163 g/mol. The van der Waals surface area contributed by atoms with E-state index in [1.54, 1.807) is 5.38 Å². The minimum Gasteiger partial charge on any atom is -0.325 e. The summed E-state index contributed by atoms with van der Waals surface area (Å²) in [5.41, 5.74) is 4.87. The van der Waals surface area contributed by atoms with Crippen LogP contribution in [0.3, 0.4) is 0 Å². The Hall–Kier alpha value is -0.480. The summed E-state index contributed by atoms with van der Waals surface area (Å²) in [5, 5.41) is 3.02. The molecule has 10 heavy (non-hydrogen) atoms. The molecule has 56 valence electrons. The van der Waals surface area contributed by atoms with Crippen LogP contribution in [0.15, 0.2) is 16.8 Å². The molecule has 0 atom stereocenters. The molecule has 1 rings (SSSR count). The van der Waals surface area contributed by atoms with E-state index < -0.39 is 12.5 Å². The molecule has 0 amide bonds. The number of rotatable bonds is 2. The van der Waals surface area contributed by atoms with Crippen molar-refractivity contribution in [3.8, 4) is 0 Å². The van der Waals surface area contributed by atoms with Crippen LogP contribution in [0.2, 0.25) is 0 Å². The summed E-state index contributed by atoms with van der Waals surface area (Å²) in [5.74, 6) is -2.85. The van der Waals surface area contributed by atoms with Crippen molar-refractivity contribution in [2.24, 2.45) is 5.73 Å². The van der Waals surface area contributed by atoms with Gasteiger partial charge in [-0.15, -0.1) is 0 Å². The van der Waals surface area contributed by atoms with Crippen molar-refractivity contribution >= 4 is 11.3 Å². The summed E-state index contributed by atoms with van der Waals surface area (Å²) in [6, 6.07) is 1.39. The van der Waals surface area contributed by atoms with Crippen LogP contribution in [0.25, 0.3) is 0 Å². The molecule has 0 aliphatic heterocycles. The number of hydrogen-bond acceptors (Lipinski definition) is 2. The van der Waals surface area contributed by atoms with Crippen molar-refractivity contribution in [1.29, 1.82) is 0 Å². The maximum atomic E-state index is 12.6. The molecule has 1 nitrogen and oxygen atoms in total. The lowest BCUT2D eigenvalue weighted by Gasteiger charge is -2.10. The second-order valence-electron chi connectivity index (χ2n) is 1.92. The van der Waals surface area contributed by atoms with Gasteiger partial charge < -0.3 is 5.73 Å². The zero-order chi connectivity index (χ0) is 7.61. The summed E-state index contributed by atoms with van der Waals surface area (Å²) < 4.78 is 25.2. The van der Waals surface area contributed by atoms with Crippen LogP contribution in [0.1, 0.15) is 5.56 Å². The summed E-state index contributed by atoms with van der Waals surface area (Å²) >= 11 is 1.25. The van der Waals surface area contributed by atoms with E-state index in [1.165, 1.54) is 22.8 Å². The molecule has 1 aromatic rings. The Labute approximate surface area is 61.5 Å². The van der Waals surface area contributed by atoms with Crippen molar-refractivity contribution in [3.63, 3.8) is 0 Å². The van der Waals surface area contributed by atoms with Crippen LogP contribution in [0.5, 0.6) is 0 Å². The van der Waals surface area contributed by atoms with Crippen LogP contribution < -0.4 is 5.73 Å². The lowest BCUT2D eigenvalue weighted by Crippen LogP contribution is -2.24. The van der Waals surface area contributed by atoms with E-state index in [-0.39, 0.29) is 5.56 Å². The molecule has 0 saturated heterocycles. The Kier molecular flexibility index (Phi) is 2.01. The smallest absolute Gasteiger partial charge is 0.286 e. The standard InChI is InChI=1S/C6H7F2NS/c7-6(8,4-9)5-1-2-10-3-5/h1-3H,4,9H2.